The van der Waals surface area contributed by atoms with Crippen LogP contribution in [0.1, 0.15) is 24.0 Å². The van der Waals surface area contributed by atoms with Crippen molar-refractivity contribution >= 4 is 34.2 Å². The molecule has 2 aliphatic heterocycles. The van der Waals surface area contributed by atoms with Crippen LogP contribution in [0.5, 0.6) is 11.5 Å². The van der Waals surface area contributed by atoms with Gasteiger partial charge in [0.2, 0.25) is 0 Å². The van der Waals surface area contributed by atoms with E-state index in [0.29, 0.717) is 43.1 Å². The van der Waals surface area contributed by atoms with Gasteiger partial charge in [0.25, 0.3) is 0 Å². The number of benzene rings is 3. The predicted octanol–water partition coefficient (Wildman–Crippen LogP) is 5.86. The highest BCUT2D eigenvalue weighted by Crippen LogP contribution is 2.36. The highest BCUT2D eigenvalue weighted by molar-refractivity contribution is 8.15. The Hall–Kier alpha value is -3.78. The molecule has 37 heavy (non-hydrogen) atoms. The number of hydrogen-bond acceptors (Lipinski definition) is 6. The molecule has 5 rings (SSSR count). The number of aliphatic imine (C=N–C) groups is 2. The Balaban J connectivity index is 1.28. The molecule has 7 nitrogen and oxygen atoms in total. The molecule has 3 aromatic carbocycles. The van der Waals surface area contributed by atoms with Crippen LogP contribution in [0.3, 0.4) is 0 Å². The number of ether oxygens (including phenoxy) is 2. The van der Waals surface area contributed by atoms with Gasteiger partial charge in [-0.3, -0.25) is 4.99 Å². The second kappa shape index (κ2) is 11.1. The normalized spacial score (nSPS) is 16.2. The van der Waals surface area contributed by atoms with Crippen LogP contribution in [-0.2, 0) is 5.75 Å². The summed E-state index contributed by atoms with van der Waals surface area (Å²) in [5.41, 5.74) is 3.41. The summed E-state index contributed by atoms with van der Waals surface area (Å²) in [6, 6.07) is 25.9. The van der Waals surface area contributed by atoms with Crippen LogP contribution in [0.4, 0.5) is 10.5 Å². The second-order valence-corrected chi connectivity index (χ2v) is 9.95. The summed E-state index contributed by atoms with van der Waals surface area (Å²) in [4.78, 5) is 25.1. The topological polar surface area (TPSA) is 75.5 Å². The van der Waals surface area contributed by atoms with E-state index in [1.54, 1.807) is 44.2 Å². The fourth-order valence-electron chi connectivity index (χ4n) is 4.54. The van der Waals surface area contributed by atoms with Crippen molar-refractivity contribution in [2.75, 3.05) is 32.6 Å². The molecule has 0 atom stereocenters. The quantitative estimate of drug-likeness (QED) is 0.447. The monoisotopic (exact) mass is 514 g/mol. The molecule has 2 amide bonds. The molecule has 1 saturated heterocycles. The van der Waals surface area contributed by atoms with E-state index < -0.39 is 5.66 Å². The van der Waals surface area contributed by atoms with E-state index in [9.17, 15) is 4.79 Å². The summed E-state index contributed by atoms with van der Waals surface area (Å²) >= 11 is 1.73. The average Bonchev–Trinajstić information content (AvgIpc) is 3.30. The van der Waals surface area contributed by atoms with Crippen LogP contribution in [0, 0.1) is 0 Å². The summed E-state index contributed by atoms with van der Waals surface area (Å²) in [7, 11) is 3.16. The lowest BCUT2D eigenvalue weighted by molar-refractivity contribution is 0.175. The van der Waals surface area contributed by atoms with Gasteiger partial charge in [-0.2, -0.15) is 0 Å². The molecule has 0 saturated carbocycles. The number of methoxy groups -OCH3 is 2. The molecular weight excluding hydrogens is 484 g/mol. The zero-order valence-electron chi connectivity index (χ0n) is 21.0. The van der Waals surface area contributed by atoms with Crippen molar-refractivity contribution in [3.05, 3.63) is 90.0 Å². The average molecular weight is 515 g/mol. The Bertz CT molecular complexity index is 1300. The molecule has 2 aliphatic rings. The van der Waals surface area contributed by atoms with Crippen molar-refractivity contribution < 1.29 is 14.3 Å². The van der Waals surface area contributed by atoms with Crippen molar-refractivity contribution in [3.63, 3.8) is 0 Å². The smallest absolute Gasteiger partial charge is 0.321 e. The summed E-state index contributed by atoms with van der Waals surface area (Å²) < 4.78 is 10.6. The van der Waals surface area contributed by atoms with Gasteiger partial charge in [0.1, 0.15) is 5.04 Å². The van der Waals surface area contributed by atoms with Gasteiger partial charge in [-0.05, 0) is 17.7 Å². The van der Waals surface area contributed by atoms with Gasteiger partial charge in [0, 0.05) is 49.0 Å². The lowest BCUT2D eigenvalue weighted by Gasteiger charge is -2.35. The van der Waals surface area contributed by atoms with Crippen LogP contribution >= 0.6 is 11.8 Å². The van der Waals surface area contributed by atoms with Crippen LogP contribution in [-0.4, -0.2) is 54.7 Å². The first-order valence-corrected chi connectivity index (χ1v) is 13.3. The molecule has 1 N–H and O–H groups in total. The van der Waals surface area contributed by atoms with Crippen LogP contribution < -0.4 is 14.8 Å². The Morgan fingerprint density at radius 2 is 1.59 bits per heavy atom. The molecule has 0 bridgehead atoms. The Morgan fingerprint density at radius 3 is 2.27 bits per heavy atom. The van der Waals surface area contributed by atoms with Crippen LogP contribution in [0.2, 0.25) is 0 Å². The van der Waals surface area contributed by atoms with Gasteiger partial charge in [-0.1, -0.05) is 72.4 Å². The predicted molar refractivity (Wildman–Crippen MR) is 150 cm³/mol. The fraction of sp³-hybridized carbons (Fsp3) is 0.276. The zero-order valence-corrected chi connectivity index (χ0v) is 21.8. The highest BCUT2D eigenvalue weighted by atomic mass is 32.2. The van der Waals surface area contributed by atoms with Gasteiger partial charge in [-0.15, -0.1) is 0 Å². The molecule has 0 aromatic heterocycles. The summed E-state index contributed by atoms with van der Waals surface area (Å²) in [6.07, 6.45) is 1.36. The molecular formula is C29H30N4O3S. The number of anilines is 1. The number of thioether (sulfide) groups is 1. The van der Waals surface area contributed by atoms with Crippen molar-refractivity contribution in [3.8, 4) is 11.5 Å². The number of carbonyl (C=O) groups is 1. The van der Waals surface area contributed by atoms with Crippen LogP contribution in [0.15, 0.2) is 88.8 Å². The summed E-state index contributed by atoms with van der Waals surface area (Å²) in [6.45, 7) is 1.15. The van der Waals surface area contributed by atoms with Crippen molar-refractivity contribution in [1.29, 1.82) is 0 Å². The summed E-state index contributed by atoms with van der Waals surface area (Å²) in [5, 5.41) is 3.94. The number of rotatable bonds is 6. The van der Waals surface area contributed by atoms with E-state index in [4.69, 9.17) is 19.5 Å². The van der Waals surface area contributed by atoms with Crippen molar-refractivity contribution in [1.82, 2.24) is 4.90 Å². The highest BCUT2D eigenvalue weighted by Gasteiger charge is 2.40. The minimum atomic E-state index is -0.524. The SMILES string of the molecule is COc1ccc(NC(=O)N2CCC3(CC2)N=C(SCc2ccccc2)C(c2ccccc2)=N3)cc1OC. The zero-order chi connectivity index (χ0) is 25.7. The van der Waals surface area contributed by atoms with Gasteiger partial charge in [0.05, 0.1) is 19.9 Å². The largest absolute Gasteiger partial charge is 0.493 e. The molecule has 0 unspecified atom stereocenters. The molecule has 0 radical (unpaired) electrons. The first kappa shape index (κ1) is 24.9. The molecule has 0 aliphatic carbocycles. The Morgan fingerprint density at radius 1 is 0.919 bits per heavy atom. The van der Waals surface area contributed by atoms with E-state index in [-0.39, 0.29) is 6.03 Å². The third-order valence-corrected chi connectivity index (χ3v) is 7.62. The number of amides is 2. The standard InChI is InChI=1S/C29H30N4O3S/c1-35-24-14-13-23(19-25(24)36-2)30-28(34)33-17-15-29(16-18-33)31-26(22-11-7-4-8-12-22)27(32-29)37-20-21-9-5-3-6-10-21/h3-14,19H,15-18,20H2,1-2H3,(H,30,34). The van der Waals surface area contributed by atoms with E-state index in [1.807, 2.05) is 29.2 Å². The van der Waals surface area contributed by atoms with Gasteiger partial charge in [-0.25, -0.2) is 9.79 Å². The Kier molecular flexibility index (Phi) is 7.46. The fourth-order valence-corrected chi connectivity index (χ4v) is 5.57. The summed E-state index contributed by atoms with van der Waals surface area (Å²) in [5.74, 6) is 2.02. The lowest BCUT2D eigenvalue weighted by atomic mass is 9.98. The number of nitrogens with one attached hydrogen (secondary N) is 1. The molecule has 3 aromatic rings. The van der Waals surface area contributed by atoms with Gasteiger partial charge in [0.15, 0.2) is 17.2 Å². The number of likely N-dealkylation sites (tertiary alicyclic amines) is 1. The maximum Gasteiger partial charge on any atom is 0.321 e. The maximum atomic E-state index is 13.0. The first-order chi connectivity index (χ1) is 18.1. The molecule has 2 heterocycles. The van der Waals surface area contributed by atoms with Crippen molar-refractivity contribution in [2.45, 2.75) is 24.3 Å². The molecule has 8 heteroatoms. The minimum Gasteiger partial charge on any atom is -0.493 e. The first-order valence-electron chi connectivity index (χ1n) is 12.3. The Labute approximate surface area is 221 Å². The number of hydrogen-bond donors (Lipinski definition) is 1. The van der Waals surface area contributed by atoms with Gasteiger partial charge >= 0.3 is 6.03 Å². The third-order valence-electron chi connectivity index (χ3n) is 6.58. The number of nitrogens with zero attached hydrogens (tertiary/aromatic N) is 3. The van der Waals surface area contributed by atoms with E-state index in [0.717, 1.165) is 22.1 Å². The van der Waals surface area contributed by atoms with Gasteiger partial charge < -0.3 is 19.7 Å². The van der Waals surface area contributed by atoms with E-state index in [1.165, 1.54) is 5.56 Å². The molecule has 1 fully saturated rings. The van der Waals surface area contributed by atoms with E-state index in [2.05, 4.69) is 41.7 Å². The van der Waals surface area contributed by atoms with Crippen molar-refractivity contribution in [2.24, 2.45) is 9.98 Å². The minimum absolute atomic E-state index is 0.144. The number of carbonyl (C=O) groups excluding carboxylic acids is 1. The van der Waals surface area contributed by atoms with Crippen LogP contribution in [0.25, 0.3) is 0 Å². The molecule has 1 spiro atoms. The molecule has 190 valence electrons. The third kappa shape index (κ3) is 5.64. The second-order valence-electron chi connectivity index (χ2n) is 8.99. The maximum absolute atomic E-state index is 13.0. The lowest BCUT2D eigenvalue weighted by Crippen LogP contribution is -2.46. The van der Waals surface area contributed by atoms with E-state index >= 15 is 0 Å². The number of piperidine rings is 1. The number of urea groups is 1.